The lowest BCUT2D eigenvalue weighted by Crippen LogP contribution is -2.33. The molecule has 0 spiro atoms. The molecule has 2 unspecified atom stereocenters. The number of hydrogen-bond donors (Lipinski definition) is 1. The highest BCUT2D eigenvalue weighted by Crippen LogP contribution is 2.37. The maximum absolute atomic E-state index is 5.58. The van der Waals surface area contributed by atoms with Crippen molar-refractivity contribution in [3.8, 4) is 0 Å². The Labute approximate surface area is 98.4 Å². The van der Waals surface area contributed by atoms with Crippen LogP contribution in [0.25, 0.3) is 0 Å². The van der Waals surface area contributed by atoms with E-state index < -0.39 is 0 Å². The molecule has 2 atom stereocenters. The zero-order valence-corrected chi connectivity index (χ0v) is 10.4. The summed E-state index contributed by atoms with van der Waals surface area (Å²) in [6.07, 6.45) is 7.16. The summed E-state index contributed by atoms with van der Waals surface area (Å²) in [5, 5.41) is 3.57. The molecule has 90 valence electrons. The van der Waals surface area contributed by atoms with E-state index in [9.17, 15) is 0 Å². The third kappa shape index (κ3) is 2.88. The Hall–Kier alpha value is -0.760. The maximum atomic E-state index is 5.58. The minimum atomic E-state index is 0.583. The number of rotatable bonds is 4. The van der Waals surface area contributed by atoms with Crippen LogP contribution >= 0.6 is 0 Å². The van der Waals surface area contributed by atoms with Gasteiger partial charge in [0.15, 0.2) is 0 Å². The first-order valence-corrected chi connectivity index (χ1v) is 6.54. The highest BCUT2D eigenvalue weighted by atomic mass is 16.3. The summed E-state index contributed by atoms with van der Waals surface area (Å²) >= 11 is 0. The van der Waals surface area contributed by atoms with E-state index in [4.69, 9.17) is 4.42 Å². The molecule has 0 bridgehead atoms. The Morgan fingerprint density at radius 1 is 1.38 bits per heavy atom. The van der Waals surface area contributed by atoms with Gasteiger partial charge in [-0.15, -0.1) is 0 Å². The summed E-state index contributed by atoms with van der Waals surface area (Å²) in [6.45, 7) is 5.55. The highest BCUT2D eigenvalue weighted by molar-refractivity contribution is 5.08. The van der Waals surface area contributed by atoms with Gasteiger partial charge in [0.05, 0.1) is 6.26 Å². The molecule has 1 saturated carbocycles. The topological polar surface area (TPSA) is 25.2 Å². The monoisotopic (exact) mass is 221 g/mol. The molecule has 0 amide bonds. The molecule has 0 aliphatic heterocycles. The smallest absolute Gasteiger partial charge is 0.107 e. The van der Waals surface area contributed by atoms with Crippen molar-refractivity contribution in [2.45, 2.75) is 51.5 Å². The molecule has 0 radical (unpaired) electrons. The molecule has 16 heavy (non-hydrogen) atoms. The molecule has 2 rings (SSSR count). The van der Waals surface area contributed by atoms with E-state index in [0.717, 1.165) is 12.5 Å². The third-order valence-electron chi connectivity index (χ3n) is 3.61. The van der Waals surface area contributed by atoms with Crippen molar-refractivity contribution in [2.75, 3.05) is 6.54 Å². The molecule has 1 heterocycles. The van der Waals surface area contributed by atoms with Crippen molar-refractivity contribution >= 4 is 0 Å². The first-order valence-electron chi connectivity index (χ1n) is 6.54. The molecule has 2 heteroatoms. The summed E-state index contributed by atoms with van der Waals surface area (Å²) in [7, 11) is 0. The van der Waals surface area contributed by atoms with E-state index in [2.05, 4.69) is 25.2 Å². The zero-order valence-electron chi connectivity index (χ0n) is 10.4. The summed E-state index contributed by atoms with van der Waals surface area (Å²) in [6, 6.07) is 4.73. The van der Waals surface area contributed by atoms with Gasteiger partial charge in [0.1, 0.15) is 5.76 Å². The highest BCUT2D eigenvalue weighted by Gasteiger charge is 2.28. The Balaban J connectivity index is 1.97. The Morgan fingerprint density at radius 2 is 2.19 bits per heavy atom. The van der Waals surface area contributed by atoms with Crippen molar-refractivity contribution < 1.29 is 4.42 Å². The van der Waals surface area contributed by atoms with Crippen LogP contribution in [0.1, 0.15) is 51.2 Å². The van der Waals surface area contributed by atoms with Crippen LogP contribution in [0.2, 0.25) is 0 Å². The molecule has 2 nitrogen and oxygen atoms in total. The van der Waals surface area contributed by atoms with E-state index >= 15 is 0 Å². The fraction of sp³-hybridized carbons (Fsp3) is 0.714. The SMILES string of the molecule is CC(C)NCC1CCCCC1c1ccco1. The maximum Gasteiger partial charge on any atom is 0.107 e. The third-order valence-corrected chi connectivity index (χ3v) is 3.61. The number of furan rings is 1. The standard InChI is InChI=1S/C14H23NO/c1-11(2)15-10-12-6-3-4-7-13(12)14-8-5-9-16-14/h5,8-9,11-13,15H,3-4,6-7,10H2,1-2H3. The molecule has 0 saturated heterocycles. The van der Waals surface area contributed by atoms with E-state index in [0.29, 0.717) is 12.0 Å². The molecule has 1 N–H and O–H groups in total. The Bertz CT molecular complexity index is 292. The van der Waals surface area contributed by atoms with E-state index in [1.807, 2.05) is 6.07 Å². The average Bonchev–Trinajstić information content (AvgIpc) is 2.80. The molecule has 0 aromatic carbocycles. The molecular formula is C14H23NO. The summed E-state index contributed by atoms with van der Waals surface area (Å²) < 4.78 is 5.58. The van der Waals surface area contributed by atoms with Gasteiger partial charge in [-0.05, 0) is 37.4 Å². The number of nitrogens with one attached hydrogen (secondary N) is 1. The Kier molecular flexibility index (Phi) is 4.05. The van der Waals surface area contributed by atoms with Crippen molar-refractivity contribution in [3.63, 3.8) is 0 Å². The van der Waals surface area contributed by atoms with Crippen molar-refractivity contribution in [3.05, 3.63) is 24.2 Å². The summed E-state index contributed by atoms with van der Waals surface area (Å²) in [4.78, 5) is 0. The fourth-order valence-electron chi connectivity index (χ4n) is 2.72. The summed E-state index contributed by atoms with van der Waals surface area (Å²) in [5.74, 6) is 2.58. The van der Waals surface area contributed by atoms with Crippen LogP contribution in [0.4, 0.5) is 0 Å². The van der Waals surface area contributed by atoms with E-state index in [1.54, 1.807) is 6.26 Å². The normalized spacial score (nSPS) is 26.2. The molecule has 1 fully saturated rings. The van der Waals surface area contributed by atoms with Gasteiger partial charge in [-0.1, -0.05) is 26.7 Å². The largest absolute Gasteiger partial charge is 0.469 e. The second kappa shape index (κ2) is 5.53. The van der Waals surface area contributed by atoms with Crippen LogP contribution in [0.15, 0.2) is 22.8 Å². The lowest BCUT2D eigenvalue weighted by Gasteiger charge is -2.31. The van der Waals surface area contributed by atoms with Gasteiger partial charge in [-0.2, -0.15) is 0 Å². The van der Waals surface area contributed by atoms with Crippen LogP contribution in [-0.4, -0.2) is 12.6 Å². The Morgan fingerprint density at radius 3 is 2.88 bits per heavy atom. The second-order valence-corrected chi connectivity index (χ2v) is 5.23. The lowest BCUT2D eigenvalue weighted by atomic mass is 9.78. The van der Waals surface area contributed by atoms with Crippen molar-refractivity contribution in [1.29, 1.82) is 0 Å². The van der Waals surface area contributed by atoms with Crippen molar-refractivity contribution in [1.82, 2.24) is 5.32 Å². The summed E-state index contributed by atoms with van der Waals surface area (Å²) in [5.41, 5.74) is 0. The molecule has 1 aliphatic rings. The van der Waals surface area contributed by atoms with Crippen LogP contribution < -0.4 is 5.32 Å². The number of hydrogen-bond acceptors (Lipinski definition) is 2. The first kappa shape index (κ1) is 11.7. The van der Waals surface area contributed by atoms with Crippen LogP contribution in [0, 0.1) is 5.92 Å². The van der Waals surface area contributed by atoms with Gasteiger partial charge in [-0.3, -0.25) is 0 Å². The average molecular weight is 221 g/mol. The fourth-order valence-corrected chi connectivity index (χ4v) is 2.72. The van der Waals surface area contributed by atoms with E-state index in [1.165, 1.54) is 31.4 Å². The van der Waals surface area contributed by atoms with Gasteiger partial charge in [0.2, 0.25) is 0 Å². The predicted octanol–water partition coefficient (Wildman–Crippen LogP) is 3.55. The lowest BCUT2D eigenvalue weighted by molar-refractivity contribution is 0.259. The van der Waals surface area contributed by atoms with Gasteiger partial charge in [-0.25, -0.2) is 0 Å². The van der Waals surface area contributed by atoms with Gasteiger partial charge < -0.3 is 9.73 Å². The second-order valence-electron chi connectivity index (χ2n) is 5.23. The van der Waals surface area contributed by atoms with Crippen LogP contribution in [0.3, 0.4) is 0 Å². The van der Waals surface area contributed by atoms with Gasteiger partial charge in [0, 0.05) is 12.0 Å². The van der Waals surface area contributed by atoms with Crippen LogP contribution in [-0.2, 0) is 0 Å². The minimum Gasteiger partial charge on any atom is -0.469 e. The van der Waals surface area contributed by atoms with E-state index in [-0.39, 0.29) is 0 Å². The molecule has 1 aliphatic carbocycles. The molecular weight excluding hydrogens is 198 g/mol. The van der Waals surface area contributed by atoms with Crippen LogP contribution in [0.5, 0.6) is 0 Å². The van der Waals surface area contributed by atoms with Crippen molar-refractivity contribution in [2.24, 2.45) is 5.92 Å². The quantitative estimate of drug-likeness (QED) is 0.841. The molecule has 1 aromatic heterocycles. The first-order chi connectivity index (χ1) is 7.77. The minimum absolute atomic E-state index is 0.583. The van der Waals surface area contributed by atoms with Gasteiger partial charge >= 0.3 is 0 Å². The molecule has 1 aromatic rings. The zero-order chi connectivity index (χ0) is 11.4. The van der Waals surface area contributed by atoms with Gasteiger partial charge in [0.25, 0.3) is 0 Å². The predicted molar refractivity (Wildman–Crippen MR) is 66.5 cm³/mol.